The molecular formula is C11H16N4. The number of nitrogens with zero attached hydrogens (tertiary/aromatic N) is 3. The lowest BCUT2D eigenvalue weighted by Gasteiger charge is -1.98. The van der Waals surface area contributed by atoms with E-state index in [0.717, 1.165) is 35.8 Å². The van der Waals surface area contributed by atoms with Gasteiger partial charge in [0.2, 0.25) is 0 Å². The molecule has 1 N–H and O–H groups in total. The Labute approximate surface area is 89.4 Å². The van der Waals surface area contributed by atoms with Crippen LogP contribution in [0.25, 0.3) is 5.65 Å². The monoisotopic (exact) mass is 204 g/mol. The number of hydrogen-bond acceptors (Lipinski definition) is 3. The molecule has 4 heteroatoms. The molecule has 0 amide bonds. The van der Waals surface area contributed by atoms with Gasteiger partial charge in [-0.15, -0.1) is 0 Å². The quantitative estimate of drug-likeness (QED) is 0.814. The number of hydrogen-bond donors (Lipinski definition) is 1. The smallest absolute Gasteiger partial charge is 0.140 e. The second kappa shape index (κ2) is 3.98. The molecule has 0 radical (unpaired) electrons. The molecule has 4 nitrogen and oxygen atoms in total. The zero-order valence-corrected chi connectivity index (χ0v) is 9.41. The number of imidazole rings is 1. The Morgan fingerprint density at radius 1 is 1.33 bits per heavy atom. The largest absolute Gasteiger partial charge is 0.319 e. The van der Waals surface area contributed by atoms with Crippen molar-refractivity contribution in [3.05, 3.63) is 29.5 Å². The first-order valence-corrected chi connectivity index (χ1v) is 5.17. The van der Waals surface area contributed by atoms with Crippen LogP contribution in [0.5, 0.6) is 0 Å². The number of rotatable bonds is 3. The molecule has 2 aromatic heterocycles. The molecule has 2 heterocycles. The highest BCUT2D eigenvalue weighted by Gasteiger charge is 2.04. The van der Waals surface area contributed by atoms with Gasteiger partial charge in [-0.1, -0.05) is 0 Å². The molecule has 80 valence electrons. The Balaban J connectivity index is 2.41. The van der Waals surface area contributed by atoms with Crippen molar-refractivity contribution in [3.63, 3.8) is 0 Å². The van der Waals surface area contributed by atoms with E-state index in [9.17, 15) is 0 Å². The summed E-state index contributed by atoms with van der Waals surface area (Å²) < 4.78 is 2.04. The molecule has 0 aliphatic rings. The zero-order valence-electron chi connectivity index (χ0n) is 9.41. The predicted molar refractivity (Wildman–Crippen MR) is 60.1 cm³/mol. The van der Waals surface area contributed by atoms with Crippen molar-refractivity contribution in [1.29, 1.82) is 0 Å². The van der Waals surface area contributed by atoms with Crippen LogP contribution in [0.15, 0.2) is 12.3 Å². The van der Waals surface area contributed by atoms with Gasteiger partial charge in [0.25, 0.3) is 0 Å². The summed E-state index contributed by atoms with van der Waals surface area (Å²) >= 11 is 0. The molecule has 2 aromatic rings. The summed E-state index contributed by atoms with van der Waals surface area (Å²) in [7, 11) is 1.95. The van der Waals surface area contributed by atoms with Crippen molar-refractivity contribution in [2.45, 2.75) is 20.3 Å². The maximum Gasteiger partial charge on any atom is 0.140 e. The Kier molecular flexibility index (Phi) is 2.68. The molecule has 0 unspecified atom stereocenters. The maximum absolute atomic E-state index is 4.55. The van der Waals surface area contributed by atoms with Crippen LogP contribution >= 0.6 is 0 Å². The van der Waals surface area contributed by atoms with Crippen LogP contribution in [0.2, 0.25) is 0 Å². The molecular weight excluding hydrogens is 188 g/mol. The van der Waals surface area contributed by atoms with Gasteiger partial charge in [0.05, 0.1) is 5.69 Å². The molecule has 15 heavy (non-hydrogen) atoms. The average molecular weight is 204 g/mol. The summed E-state index contributed by atoms with van der Waals surface area (Å²) in [5, 5.41) is 3.12. The summed E-state index contributed by atoms with van der Waals surface area (Å²) in [5.41, 5.74) is 3.12. The van der Waals surface area contributed by atoms with E-state index in [-0.39, 0.29) is 0 Å². The first-order valence-electron chi connectivity index (χ1n) is 5.17. The second-order valence-electron chi connectivity index (χ2n) is 3.76. The third-order valence-electron chi connectivity index (χ3n) is 2.44. The van der Waals surface area contributed by atoms with Crippen molar-refractivity contribution in [1.82, 2.24) is 19.7 Å². The lowest BCUT2D eigenvalue weighted by molar-refractivity contribution is 0.780. The Morgan fingerprint density at radius 3 is 2.87 bits per heavy atom. The van der Waals surface area contributed by atoms with Crippen molar-refractivity contribution >= 4 is 5.65 Å². The number of aryl methyl sites for hydroxylation is 2. The van der Waals surface area contributed by atoms with Gasteiger partial charge in [0, 0.05) is 30.9 Å². The van der Waals surface area contributed by atoms with E-state index < -0.39 is 0 Å². The normalized spacial score (nSPS) is 11.1. The van der Waals surface area contributed by atoms with Crippen LogP contribution in [0.1, 0.15) is 17.2 Å². The van der Waals surface area contributed by atoms with E-state index in [1.54, 1.807) is 0 Å². The Morgan fingerprint density at radius 2 is 2.13 bits per heavy atom. The molecule has 0 spiro atoms. The summed E-state index contributed by atoms with van der Waals surface area (Å²) in [5.74, 6) is 0.994. The van der Waals surface area contributed by atoms with E-state index in [2.05, 4.69) is 21.5 Å². The van der Waals surface area contributed by atoms with Crippen LogP contribution in [-0.2, 0) is 6.42 Å². The van der Waals surface area contributed by atoms with Crippen molar-refractivity contribution in [3.8, 4) is 0 Å². The second-order valence-corrected chi connectivity index (χ2v) is 3.76. The fraction of sp³-hybridized carbons (Fsp3) is 0.455. The molecule has 0 atom stereocenters. The highest BCUT2D eigenvalue weighted by molar-refractivity contribution is 5.41. The first-order chi connectivity index (χ1) is 7.20. The average Bonchev–Trinajstić information content (AvgIpc) is 2.57. The minimum Gasteiger partial charge on any atom is -0.319 e. The molecule has 2 rings (SSSR count). The first kappa shape index (κ1) is 10.1. The Hall–Kier alpha value is -1.42. The molecule has 0 saturated carbocycles. The van der Waals surface area contributed by atoms with Crippen LogP contribution in [0.4, 0.5) is 0 Å². The minimum atomic E-state index is 0.954. The number of nitrogens with one attached hydrogen (secondary N) is 1. The SMILES string of the molecule is CNCCc1cn2c(C)nc(C)cc2n1. The lowest BCUT2D eigenvalue weighted by Crippen LogP contribution is -2.10. The van der Waals surface area contributed by atoms with E-state index in [1.807, 2.05) is 31.4 Å². The van der Waals surface area contributed by atoms with Gasteiger partial charge in [0.1, 0.15) is 11.5 Å². The van der Waals surface area contributed by atoms with Crippen LogP contribution in [0.3, 0.4) is 0 Å². The molecule has 0 aliphatic heterocycles. The molecule has 0 aromatic carbocycles. The maximum atomic E-state index is 4.55. The van der Waals surface area contributed by atoms with Gasteiger partial charge in [-0.25, -0.2) is 9.97 Å². The Bertz CT molecular complexity index is 473. The van der Waals surface area contributed by atoms with Gasteiger partial charge < -0.3 is 5.32 Å². The van der Waals surface area contributed by atoms with Gasteiger partial charge in [-0.3, -0.25) is 4.40 Å². The number of aromatic nitrogens is 3. The van der Waals surface area contributed by atoms with Gasteiger partial charge >= 0.3 is 0 Å². The summed E-state index contributed by atoms with van der Waals surface area (Å²) in [6.45, 7) is 4.95. The van der Waals surface area contributed by atoms with Crippen LogP contribution < -0.4 is 5.32 Å². The fourth-order valence-electron chi connectivity index (χ4n) is 1.71. The third kappa shape index (κ3) is 1.99. The van der Waals surface area contributed by atoms with E-state index in [4.69, 9.17) is 0 Å². The van der Waals surface area contributed by atoms with Crippen molar-refractivity contribution < 1.29 is 0 Å². The third-order valence-corrected chi connectivity index (χ3v) is 2.44. The van der Waals surface area contributed by atoms with E-state index in [0.29, 0.717) is 0 Å². The molecule has 0 fully saturated rings. The lowest BCUT2D eigenvalue weighted by atomic mass is 10.3. The standard InChI is InChI=1S/C11H16N4/c1-8-6-11-14-10(4-5-12-3)7-15(11)9(2)13-8/h6-7,12H,4-5H2,1-3H3. The summed E-state index contributed by atoms with van der Waals surface area (Å²) in [4.78, 5) is 8.96. The van der Waals surface area contributed by atoms with Gasteiger partial charge in [-0.05, 0) is 20.9 Å². The number of fused-ring (bicyclic) bond motifs is 1. The highest BCUT2D eigenvalue weighted by Crippen LogP contribution is 2.08. The fourth-order valence-corrected chi connectivity index (χ4v) is 1.71. The number of likely N-dealkylation sites (N-methyl/N-ethyl adjacent to an activating group) is 1. The highest BCUT2D eigenvalue weighted by atomic mass is 15.1. The van der Waals surface area contributed by atoms with Gasteiger partial charge in [0.15, 0.2) is 0 Å². The van der Waals surface area contributed by atoms with Crippen LogP contribution in [0, 0.1) is 13.8 Å². The molecule has 0 aliphatic carbocycles. The molecule has 0 bridgehead atoms. The summed E-state index contributed by atoms with van der Waals surface area (Å²) in [6.07, 6.45) is 3.02. The van der Waals surface area contributed by atoms with Gasteiger partial charge in [-0.2, -0.15) is 0 Å². The van der Waals surface area contributed by atoms with Crippen LogP contribution in [-0.4, -0.2) is 28.0 Å². The topological polar surface area (TPSA) is 42.2 Å². The van der Waals surface area contributed by atoms with E-state index in [1.165, 1.54) is 0 Å². The molecule has 0 saturated heterocycles. The van der Waals surface area contributed by atoms with Crippen molar-refractivity contribution in [2.24, 2.45) is 0 Å². The minimum absolute atomic E-state index is 0.954. The predicted octanol–water partition coefficient (Wildman–Crippen LogP) is 1.11. The summed E-state index contributed by atoms with van der Waals surface area (Å²) in [6, 6.07) is 2.01. The van der Waals surface area contributed by atoms with Crippen molar-refractivity contribution in [2.75, 3.05) is 13.6 Å². The van der Waals surface area contributed by atoms with E-state index >= 15 is 0 Å². The zero-order chi connectivity index (χ0) is 10.8.